The fourth-order valence-electron chi connectivity index (χ4n) is 1.10. The summed E-state index contributed by atoms with van der Waals surface area (Å²) in [5.74, 6) is -0.431. The molecule has 0 fully saturated rings. The zero-order valence-electron chi connectivity index (χ0n) is 8.34. The lowest BCUT2D eigenvalue weighted by molar-refractivity contribution is -0.137. The van der Waals surface area contributed by atoms with Crippen LogP contribution < -0.4 is 11.1 Å². The molecule has 3 N–H and O–H groups in total. The number of hydrogen-bond acceptors (Lipinski definition) is 2. The number of carbonyl (C=O) groups excluding carboxylic acids is 1. The van der Waals surface area contributed by atoms with Gasteiger partial charge < -0.3 is 11.1 Å². The molecule has 3 nitrogen and oxygen atoms in total. The van der Waals surface area contributed by atoms with Gasteiger partial charge in [-0.25, -0.2) is 0 Å². The van der Waals surface area contributed by atoms with Gasteiger partial charge in [0.15, 0.2) is 0 Å². The van der Waals surface area contributed by atoms with Gasteiger partial charge in [-0.2, -0.15) is 13.2 Å². The first-order valence-electron chi connectivity index (χ1n) is 4.60. The predicted octanol–water partition coefficient (Wildman–Crippen LogP) is 1.39. The van der Waals surface area contributed by atoms with Gasteiger partial charge in [-0.1, -0.05) is 0 Å². The first kappa shape index (κ1) is 12.5. The highest BCUT2D eigenvalue weighted by Gasteiger charge is 2.30. The van der Waals surface area contributed by atoms with E-state index < -0.39 is 17.6 Å². The summed E-state index contributed by atoms with van der Waals surface area (Å²) in [4.78, 5) is 11.3. The van der Waals surface area contributed by atoms with Gasteiger partial charge in [0, 0.05) is 18.7 Å². The summed E-state index contributed by atoms with van der Waals surface area (Å²) in [5, 5.41) is 2.46. The van der Waals surface area contributed by atoms with E-state index in [4.69, 9.17) is 5.73 Å². The summed E-state index contributed by atoms with van der Waals surface area (Å²) in [5.41, 5.74) is 4.58. The largest absolute Gasteiger partial charge is 0.416 e. The molecule has 1 aromatic carbocycles. The number of halogens is 3. The second-order valence-corrected chi connectivity index (χ2v) is 3.12. The van der Waals surface area contributed by atoms with Gasteiger partial charge >= 0.3 is 6.18 Å². The Kier molecular flexibility index (Phi) is 3.89. The monoisotopic (exact) mass is 232 g/mol. The number of alkyl halides is 3. The molecular weight excluding hydrogens is 221 g/mol. The Balaban J connectivity index is 2.75. The minimum atomic E-state index is -4.38. The van der Waals surface area contributed by atoms with Crippen LogP contribution in [0.3, 0.4) is 0 Å². The summed E-state index contributed by atoms with van der Waals surface area (Å²) < 4.78 is 36.6. The summed E-state index contributed by atoms with van der Waals surface area (Å²) in [7, 11) is 0. The van der Waals surface area contributed by atoms with Gasteiger partial charge in [0.05, 0.1) is 5.56 Å². The Bertz CT molecular complexity index is 359. The maximum atomic E-state index is 12.2. The van der Waals surface area contributed by atoms with Crippen molar-refractivity contribution in [3.8, 4) is 0 Å². The maximum absolute atomic E-state index is 12.2. The molecule has 1 rings (SSSR count). The zero-order chi connectivity index (χ0) is 12.2. The van der Waals surface area contributed by atoms with Crippen molar-refractivity contribution in [3.05, 3.63) is 35.4 Å². The highest BCUT2D eigenvalue weighted by Crippen LogP contribution is 2.28. The molecule has 0 unspecified atom stereocenters. The standard InChI is InChI=1S/C10H11F3N2O/c11-10(12,13)8-3-1-7(2-4-8)9(16)15-6-5-14/h1-4H,5-6,14H2,(H,15,16). The van der Waals surface area contributed by atoms with E-state index in [1.807, 2.05) is 0 Å². The molecule has 16 heavy (non-hydrogen) atoms. The maximum Gasteiger partial charge on any atom is 0.416 e. The molecular formula is C10H11F3N2O. The molecule has 0 bridgehead atoms. The van der Waals surface area contributed by atoms with Gasteiger partial charge in [0.2, 0.25) is 0 Å². The van der Waals surface area contributed by atoms with Gasteiger partial charge in [-0.05, 0) is 24.3 Å². The van der Waals surface area contributed by atoms with E-state index in [0.29, 0.717) is 6.54 Å². The van der Waals surface area contributed by atoms with Crippen molar-refractivity contribution in [2.24, 2.45) is 5.73 Å². The Morgan fingerprint density at radius 3 is 2.25 bits per heavy atom. The second-order valence-electron chi connectivity index (χ2n) is 3.12. The summed E-state index contributed by atoms with van der Waals surface area (Å²) in [6.07, 6.45) is -4.38. The van der Waals surface area contributed by atoms with Crippen molar-refractivity contribution < 1.29 is 18.0 Å². The first-order valence-corrected chi connectivity index (χ1v) is 4.60. The van der Waals surface area contributed by atoms with Crippen LogP contribution in [-0.2, 0) is 6.18 Å². The Labute approximate surface area is 90.4 Å². The number of hydrogen-bond donors (Lipinski definition) is 2. The van der Waals surface area contributed by atoms with Gasteiger partial charge in [0.1, 0.15) is 0 Å². The van der Waals surface area contributed by atoms with Crippen LogP contribution in [0.15, 0.2) is 24.3 Å². The van der Waals surface area contributed by atoms with Crippen LogP contribution in [0.1, 0.15) is 15.9 Å². The van der Waals surface area contributed by atoms with Crippen LogP contribution >= 0.6 is 0 Å². The Morgan fingerprint density at radius 1 is 1.25 bits per heavy atom. The van der Waals surface area contributed by atoms with E-state index in [9.17, 15) is 18.0 Å². The highest BCUT2D eigenvalue weighted by molar-refractivity contribution is 5.94. The van der Waals surface area contributed by atoms with Crippen molar-refractivity contribution in [2.75, 3.05) is 13.1 Å². The van der Waals surface area contributed by atoms with Crippen molar-refractivity contribution >= 4 is 5.91 Å². The molecule has 88 valence electrons. The molecule has 0 saturated carbocycles. The van der Waals surface area contributed by atoms with Crippen LogP contribution in [0, 0.1) is 0 Å². The fraction of sp³-hybridized carbons (Fsp3) is 0.300. The molecule has 0 aliphatic carbocycles. The third-order valence-electron chi connectivity index (χ3n) is 1.90. The third-order valence-corrected chi connectivity index (χ3v) is 1.90. The van der Waals surface area contributed by atoms with Gasteiger partial charge in [0.25, 0.3) is 5.91 Å². The topological polar surface area (TPSA) is 55.1 Å². The smallest absolute Gasteiger partial charge is 0.351 e. The minimum absolute atomic E-state index is 0.182. The Hall–Kier alpha value is -1.56. The highest BCUT2D eigenvalue weighted by atomic mass is 19.4. The molecule has 1 aromatic rings. The van der Waals surface area contributed by atoms with E-state index >= 15 is 0 Å². The lowest BCUT2D eigenvalue weighted by atomic mass is 10.1. The molecule has 0 heterocycles. The van der Waals surface area contributed by atoms with E-state index in [1.54, 1.807) is 0 Å². The fourth-order valence-corrected chi connectivity index (χ4v) is 1.10. The van der Waals surface area contributed by atoms with Crippen LogP contribution in [0.4, 0.5) is 13.2 Å². The molecule has 0 atom stereocenters. The number of carbonyl (C=O) groups is 1. The summed E-state index contributed by atoms with van der Waals surface area (Å²) in [6.45, 7) is 0.576. The van der Waals surface area contributed by atoms with Crippen molar-refractivity contribution in [2.45, 2.75) is 6.18 Å². The predicted molar refractivity (Wildman–Crippen MR) is 52.8 cm³/mol. The molecule has 0 saturated heterocycles. The second kappa shape index (κ2) is 4.98. The average molecular weight is 232 g/mol. The lowest BCUT2D eigenvalue weighted by Crippen LogP contribution is -2.28. The molecule has 0 radical (unpaired) electrons. The molecule has 0 aromatic heterocycles. The molecule has 0 aliphatic heterocycles. The minimum Gasteiger partial charge on any atom is -0.351 e. The summed E-state index contributed by atoms with van der Waals surface area (Å²) in [6, 6.07) is 4.01. The Morgan fingerprint density at radius 2 is 1.81 bits per heavy atom. The first-order chi connectivity index (χ1) is 7.45. The quantitative estimate of drug-likeness (QED) is 0.827. The van der Waals surface area contributed by atoms with Crippen molar-refractivity contribution in [1.82, 2.24) is 5.32 Å². The van der Waals surface area contributed by atoms with Crippen LogP contribution in [0.25, 0.3) is 0 Å². The van der Waals surface area contributed by atoms with E-state index in [2.05, 4.69) is 5.32 Å². The van der Waals surface area contributed by atoms with Crippen molar-refractivity contribution in [1.29, 1.82) is 0 Å². The lowest BCUT2D eigenvalue weighted by Gasteiger charge is -2.07. The number of amides is 1. The number of nitrogens with one attached hydrogen (secondary N) is 1. The SMILES string of the molecule is NCCNC(=O)c1ccc(C(F)(F)F)cc1. The molecule has 1 amide bonds. The molecule has 0 spiro atoms. The zero-order valence-corrected chi connectivity index (χ0v) is 8.34. The van der Waals surface area contributed by atoms with Gasteiger partial charge in [-0.15, -0.1) is 0 Å². The average Bonchev–Trinajstić information content (AvgIpc) is 2.25. The van der Waals surface area contributed by atoms with Crippen LogP contribution in [0.5, 0.6) is 0 Å². The number of benzene rings is 1. The molecule has 0 aliphatic rings. The molecule has 6 heteroatoms. The van der Waals surface area contributed by atoms with Crippen molar-refractivity contribution in [3.63, 3.8) is 0 Å². The number of rotatable bonds is 3. The summed E-state index contributed by atoms with van der Waals surface area (Å²) >= 11 is 0. The van der Waals surface area contributed by atoms with Crippen LogP contribution in [-0.4, -0.2) is 19.0 Å². The van der Waals surface area contributed by atoms with E-state index in [0.717, 1.165) is 24.3 Å². The number of nitrogens with two attached hydrogens (primary N) is 1. The third kappa shape index (κ3) is 3.23. The van der Waals surface area contributed by atoms with Gasteiger partial charge in [-0.3, -0.25) is 4.79 Å². The van der Waals surface area contributed by atoms with Crippen LogP contribution in [0.2, 0.25) is 0 Å². The van der Waals surface area contributed by atoms with E-state index in [-0.39, 0.29) is 12.1 Å². The normalized spacial score (nSPS) is 11.2. The van der Waals surface area contributed by atoms with E-state index in [1.165, 1.54) is 0 Å².